The highest BCUT2D eigenvalue weighted by atomic mass is 15.3. The van der Waals surface area contributed by atoms with Gasteiger partial charge in [0.15, 0.2) is 0 Å². The third-order valence-corrected chi connectivity index (χ3v) is 3.61. The van der Waals surface area contributed by atoms with Crippen LogP contribution in [-0.2, 0) is 6.54 Å². The van der Waals surface area contributed by atoms with E-state index in [0.29, 0.717) is 11.8 Å². The fourth-order valence-electron chi connectivity index (χ4n) is 2.34. The number of hydrogen-bond acceptors (Lipinski definition) is 3. The second-order valence-electron chi connectivity index (χ2n) is 5.99. The Bertz CT molecular complexity index is 569. The van der Waals surface area contributed by atoms with Crippen LogP contribution in [-0.4, -0.2) is 21.3 Å². The van der Waals surface area contributed by atoms with Gasteiger partial charge in [0.1, 0.15) is 0 Å². The van der Waals surface area contributed by atoms with E-state index in [1.807, 2.05) is 17.1 Å². The van der Waals surface area contributed by atoms with Gasteiger partial charge in [0.05, 0.1) is 17.6 Å². The van der Waals surface area contributed by atoms with Crippen molar-refractivity contribution in [3.05, 3.63) is 42.0 Å². The standard InChI is InChI=1S/C16H22N4/c1-12(2)9-18-10-14-5-7-17-11-16(14)20-8-6-15(19-20)13-3-4-13/h5-8,11-13,18H,3-4,9-10H2,1-2H3. The molecular formula is C16H22N4. The highest BCUT2D eigenvalue weighted by Crippen LogP contribution is 2.39. The summed E-state index contributed by atoms with van der Waals surface area (Å²) in [6.45, 7) is 6.31. The summed E-state index contributed by atoms with van der Waals surface area (Å²) in [5, 5.41) is 8.18. The lowest BCUT2D eigenvalue weighted by Crippen LogP contribution is -2.20. The van der Waals surface area contributed by atoms with Crippen LogP contribution in [0.4, 0.5) is 0 Å². The topological polar surface area (TPSA) is 42.7 Å². The van der Waals surface area contributed by atoms with Gasteiger partial charge in [-0.25, -0.2) is 4.68 Å². The fourth-order valence-corrected chi connectivity index (χ4v) is 2.34. The zero-order chi connectivity index (χ0) is 13.9. The summed E-state index contributed by atoms with van der Waals surface area (Å²) >= 11 is 0. The van der Waals surface area contributed by atoms with Crippen molar-refractivity contribution >= 4 is 0 Å². The Morgan fingerprint density at radius 1 is 1.35 bits per heavy atom. The first kappa shape index (κ1) is 13.3. The zero-order valence-electron chi connectivity index (χ0n) is 12.2. The molecule has 0 spiro atoms. The molecule has 0 saturated heterocycles. The molecular weight excluding hydrogens is 248 g/mol. The van der Waals surface area contributed by atoms with Gasteiger partial charge in [-0.15, -0.1) is 0 Å². The predicted molar refractivity (Wildman–Crippen MR) is 79.9 cm³/mol. The number of hydrogen-bond donors (Lipinski definition) is 1. The van der Waals surface area contributed by atoms with Gasteiger partial charge >= 0.3 is 0 Å². The van der Waals surface area contributed by atoms with Crippen LogP contribution >= 0.6 is 0 Å². The lowest BCUT2D eigenvalue weighted by atomic mass is 10.2. The third kappa shape index (κ3) is 3.07. The molecule has 1 aliphatic carbocycles. The summed E-state index contributed by atoms with van der Waals surface area (Å²) < 4.78 is 1.97. The number of rotatable bonds is 6. The van der Waals surface area contributed by atoms with Gasteiger partial charge < -0.3 is 5.32 Å². The second kappa shape index (κ2) is 5.75. The molecule has 0 unspecified atom stereocenters. The third-order valence-electron chi connectivity index (χ3n) is 3.61. The molecule has 1 aliphatic rings. The molecule has 1 saturated carbocycles. The first-order chi connectivity index (χ1) is 9.74. The quantitative estimate of drug-likeness (QED) is 0.877. The number of pyridine rings is 1. The van der Waals surface area contributed by atoms with E-state index in [4.69, 9.17) is 5.10 Å². The molecule has 106 valence electrons. The summed E-state index contributed by atoms with van der Waals surface area (Å²) in [7, 11) is 0. The Kier molecular flexibility index (Phi) is 3.83. The van der Waals surface area contributed by atoms with Crippen molar-refractivity contribution in [3.63, 3.8) is 0 Å². The molecule has 0 bridgehead atoms. The summed E-state index contributed by atoms with van der Waals surface area (Å²) in [5.41, 5.74) is 3.54. The van der Waals surface area contributed by atoms with Crippen molar-refractivity contribution in [2.75, 3.05) is 6.54 Å². The molecule has 4 nitrogen and oxygen atoms in total. The molecule has 1 N–H and O–H groups in total. The van der Waals surface area contributed by atoms with Crippen molar-refractivity contribution in [1.82, 2.24) is 20.1 Å². The van der Waals surface area contributed by atoms with Gasteiger partial charge in [-0.05, 0) is 43.0 Å². The Morgan fingerprint density at radius 3 is 2.95 bits per heavy atom. The van der Waals surface area contributed by atoms with E-state index >= 15 is 0 Å². The van der Waals surface area contributed by atoms with Crippen LogP contribution in [0.1, 0.15) is 43.9 Å². The minimum Gasteiger partial charge on any atom is -0.312 e. The number of nitrogens with zero attached hydrogens (tertiary/aromatic N) is 3. The molecule has 0 radical (unpaired) electrons. The molecule has 1 fully saturated rings. The van der Waals surface area contributed by atoms with Crippen LogP contribution in [0.15, 0.2) is 30.7 Å². The van der Waals surface area contributed by atoms with Gasteiger partial charge in [0, 0.05) is 24.9 Å². The molecule has 0 atom stereocenters. The van der Waals surface area contributed by atoms with E-state index in [-0.39, 0.29) is 0 Å². The highest BCUT2D eigenvalue weighted by molar-refractivity contribution is 5.38. The SMILES string of the molecule is CC(C)CNCc1ccncc1-n1ccc(C2CC2)n1. The molecule has 2 heterocycles. The van der Waals surface area contributed by atoms with Crippen molar-refractivity contribution in [2.45, 2.75) is 39.2 Å². The van der Waals surface area contributed by atoms with Gasteiger partial charge in [0.2, 0.25) is 0 Å². The largest absolute Gasteiger partial charge is 0.312 e. The predicted octanol–water partition coefficient (Wildman–Crippen LogP) is 2.89. The molecule has 0 aromatic carbocycles. The molecule has 3 rings (SSSR count). The first-order valence-corrected chi connectivity index (χ1v) is 7.43. The molecule has 4 heteroatoms. The maximum absolute atomic E-state index is 4.70. The van der Waals surface area contributed by atoms with Crippen molar-refractivity contribution in [3.8, 4) is 5.69 Å². The zero-order valence-corrected chi connectivity index (χ0v) is 12.2. The summed E-state index contributed by atoms with van der Waals surface area (Å²) in [6.07, 6.45) is 8.37. The van der Waals surface area contributed by atoms with E-state index in [1.165, 1.54) is 24.1 Å². The molecule has 2 aromatic rings. The Morgan fingerprint density at radius 2 is 2.20 bits per heavy atom. The van der Waals surface area contributed by atoms with Crippen LogP contribution < -0.4 is 5.32 Å². The Labute approximate surface area is 120 Å². The maximum Gasteiger partial charge on any atom is 0.0873 e. The fraction of sp³-hybridized carbons (Fsp3) is 0.500. The van der Waals surface area contributed by atoms with Crippen LogP contribution in [0.5, 0.6) is 0 Å². The maximum atomic E-state index is 4.70. The normalized spacial score (nSPS) is 14.9. The lowest BCUT2D eigenvalue weighted by Gasteiger charge is -2.11. The smallest absolute Gasteiger partial charge is 0.0873 e. The highest BCUT2D eigenvalue weighted by Gasteiger charge is 2.26. The molecule has 2 aromatic heterocycles. The first-order valence-electron chi connectivity index (χ1n) is 7.43. The minimum atomic E-state index is 0.659. The van der Waals surface area contributed by atoms with Crippen molar-refractivity contribution in [2.24, 2.45) is 5.92 Å². The molecule has 0 amide bonds. The van der Waals surface area contributed by atoms with Gasteiger partial charge in [-0.3, -0.25) is 4.98 Å². The number of aromatic nitrogens is 3. The van der Waals surface area contributed by atoms with E-state index in [0.717, 1.165) is 18.8 Å². The summed E-state index contributed by atoms with van der Waals surface area (Å²) in [4.78, 5) is 4.25. The Hall–Kier alpha value is -1.68. The van der Waals surface area contributed by atoms with E-state index < -0.39 is 0 Å². The van der Waals surface area contributed by atoms with Gasteiger partial charge in [-0.1, -0.05) is 13.8 Å². The summed E-state index contributed by atoms with van der Waals surface area (Å²) in [5.74, 6) is 1.35. The minimum absolute atomic E-state index is 0.659. The Balaban J connectivity index is 1.77. The summed E-state index contributed by atoms with van der Waals surface area (Å²) in [6, 6.07) is 4.21. The number of nitrogens with one attached hydrogen (secondary N) is 1. The average Bonchev–Trinajstić information content (AvgIpc) is 3.17. The molecule has 20 heavy (non-hydrogen) atoms. The van der Waals surface area contributed by atoms with Crippen LogP contribution in [0, 0.1) is 5.92 Å². The van der Waals surface area contributed by atoms with Gasteiger partial charge in [0.25, 0.3) is 0 Å². The van der Waals surface area contributed by atoms with Gasteiger partial charge in [-0.2, -0.15) is 5.10 Å². The van der Waals surface area contributed by atoms with Crippen LogP contribution in [0.3, 0.4) is 0 Å². The van der Waals surface area contributed by atoms with Crippen molar-refractivity contribution < 1.29 is 0 Å². The van der Waals surface area contributed by atoms with Crippen LogP contribution in [0.2, 0.25) is 0 Å². The molecule has 0 aliphatic heterocycles. The second-order valence-corrected chi connectivity index (χ2v) is 5.99. The monoisotopic (exact) mass is 270 g/mol. The average molecular weight is 270 g/mol. The van der Waals surface area contributed by atoms with Crippen molar-refractivity contribution in [1.29, 1.82) is 0 Å². The lowest BCUT2D eigenvalue weighted by molar-refractivity contribution is 0.551. The van der Waals surface area contributed by atoms with E-state index in [1.54, 1.807) is 0 Å². The van der Waals surface area contributed by atoms with Crippen LogP contribution in [0.25, 0.3) is 5.69 Å². The van der Waals surface area contributed by atoms with E-state index in [2.05, 4.69) is 42.5 Å². The van der Waals surface area contributed by atoms with E-state index in [9.17, 15) is 0 Å².